The molecule has 0 bridgehead atoms. The molecule has 2 nitrogen and oxygen atoms in total. The molecule has 0 N–H and O–H groups in total. The quantitative estimate of drug-likeness (QED) is 0.711. The van der Waals surface area contributed by atoms with E-state index in [1.54, 1.807) is 0 Å². The average molecular weight is 218 g/mol. The monoisotopic (exact) mass is 218 g/mol. The Balaban J connectivity index is 2.46. The topological polar surface area (TPSA) is 26.3 Å². The Morgan fingerprint density at radius 3 is 2.62 bits per heavy atom. The molecule has 2 atom stereocenters. The third-order valence-electron chi connectivity index (χ3n) is 3.32. The zero-order chi connectivity index (χ0) is 11.7. The molecule has 0 radical (unpaired) electrons. The minimum absolute atomic E-state index is 0.0207. The van der Waals surface area contributed by atoms with Crippen LogP contribution in [0.5, 0.6) is 0 Å². The predicted molar refractivity (Wildman–Crippen MR) is 63.5 cm³/mol. The molecule has 1 aromatic rings. The summed E-state index contributed by atoms with van der Waals surface area (Å²) in [4.78, 5) is 11.8. The van der Waals surface area contributed by atoms with E-state index in [-0.39, 0.29) is 12.1 Å². The minimum Gasteiger partial charge on any atom is -0.458 e. The lowest BCUT2D eigenvalue weighted by atomic mass is 9.81. The normalized spacial score (nSPS) is 24.1. The van der Waals surface area contributed by atoms with E-state index in [9.17, 15) is 4.79 Å². The summed E-state index contributed by atoms with van der Waals surface area (Å²) in [6, 6.07) is 7.80. The minimum atomic E-state index is -0.168. The van der Waals surface area contributed by atoms with E-state index in [0.717, 1.165) is 17.5 Å². The number of ether oxygens (including phenoxy) is 1. The fourth-order valence-electron chi connectivity index (χ4n) is 2.51. The molecule has 2 heteroatoms. The van der Waals surface area contributed by atoms with Gasteiger partial charge in [-0.25, -0.2) is 4.79 Å². The SMILES string of the molecule is CCC1c2ccccc2C(=O)OC1C(C)C. The number of benzene rings is 1. The fraction of sp³-hybridized carbons (Fsp3) is 0.500. The van der Waals surface area contributed by atoms with Gasteiger partial charge in [-0.1, -0.05) is 39.0 Å². The predicted octanol–water partition coefficient (Wildman–Crippen LogP) is 3.38. The first-order valence-corrected chi connectivity index (χ1v) is 5.95. The largest absolute Gasteiger partial charge is 0.458 e. The number of carbonyl (C=O) groups is 1. The molecule has 0 saturated heterocycles. The maximum absolute atomic E-state index is 11.8. The molecule has 1 aliphatic rings. The van der Waals surface area contributed by atoms with Crippen molar-refractivity contribution in [3.05, 3.63) is 35.4 Å². The summed E-state index contributed by atoms with van der Waals surface area (Å²) in [5, 5.41) is 0. The first kappa shape index (κ1) is 11.2. The Bertz CT molecular complexity index is 395. The lowest BCUT2D eigenvalue weighted by molar-refractivity contribution is 0.00251. The highest BCUT2D eigenvalue weighted by Gasteiger charge is 2.35. The first-order valence-electron chi connectivity index (χ1n) is 5.95. The third-order valence-corrected chi connectivity index (χ3v) is 3.32. The van der Waals surface area contributed by atoms with Crippen molar-refractivity contribution >= 4 is 5.97 Å². The van der Waals surface area contributed by atoms with Crippen molar-refractivity contribution in [1.82, 2.24) is 0 Å². The molecule has 1 aromatic carbocycles. The summed E-state index contributed by atoms with van der Waals surface area (Å²) in [5.74, 6) is 0.537. The Morgan fingerprint density at radius 1 is 1.31 bits per heavy atom. The van der Waals surface area contributed by atoms with Gasteiger partial charge in [-0.3, -0.25) is 0 Å². The summed E-state index contributed by atoms with van der Waals surface area (Å²) in [7, 11) is 0. The van der Waals surface area contributed by atoms with Crippen molar-refractivity contribution in [2.24, 2.45) is 5.92 Å². The second-order valence-electron chi connectivity index (χ2n) is 4.72. The third kappa shape index (κ3) is 1.73. The molecular weight excluding hydrogens is 200 g/mol. The van der Waals surface area contributed by atoms with Crippen molar-refractivity contribution < 1.29 is 9.53 Å². The molecule has 0 aliphatic carbocycles. The number of hydrogen-bond acceptors (Lipinski definition) is 2. The molecule has 0 spiro atoms. The number of fused-ring (bicyclic) bond motifs is 1. The highest BCUT2D eigenvalue weighted by atomic mass is 16.5. The van der Waals surface area contributed by atoms with Gasteiger partial charge in [-0.2, -0.15) is 0 Å². The van der Waals surface area contributed by atoms with E-state index in [1.165, 1.54) is 0 Å². The van der Waals surface area contributed by atoms with Gasteiger partial charge in [0.2, 0.25) is 0 Å². The summed E-state index contributed by atoms with van der Waals surface area (Å²) in [5.41, 5.74) is 1.89. The van der Waals surface area contributed by atoms with Gasteiger partial charge in [0.15, 0.2) is 0 Å². The molecule has 1 aliphatic heterocycles. The van der Waals surface area contributed by atoms with Crippen LogP contribution in [0.2, 0.25) is 0 Å². The fourth-order valence-corrected chi connectivity index (χ4v) is 2.51. The molecule has 0 aromatic heterocycles. The molecule has 2 rings (SSSR count). The maximum atomic E-state index is 11.8. The van der Waals surface area contributed by atoms with Gasteiger partial charge < -0.3 is 4.74 Å². The summed E-state index contributed by atoms with van der Waals surface area (Å²) in [6.07, 6.45) is 1.03. The Kier molecular flexibility index (Phi) is 2.99. The van der Waals surface area contributed by atoms with Gasteiger partial charge in [0.05, 0.1) is 5.56 Å². The van der Waals surface area contributed by atoms with E-state index in [1.807, 2.05) is 18.2 Å². The van der Waals surface area contributed by atoms with Crippen LogP contribution in [0.25, 0.3) is 0 Å². The van der Waals surface area contributed by atoms with Gasteiger partial charge >= 0.3 is 5.97 Å². The van der Waals surface area contributed by atoms with Crippen LogP contribution in [0.3, 0.4) is 0 Å². The molecule has 16 heavy (non-hydrogen) atoms. The van der Waals surface area contributed by atoms with Crippen LogP contribution in [-0.4, -0.2) is 12.1 Å². The average Bonchev–Trinajstić information content (AvgIpc) is 2.29. The van der Waals surface area contributed by atoms with E-state index >= 15 is 0 Å². The van der Waals surface area contributed by atoms with E-state index in [4.69, 9.17) is 4.74 Å². The summed E-state index contributed by atoms with van der Waals surface area (Å²) in [6.45, 7) is 6.36. The van der Waals surface area contributed by atoms with Crippen LogP contribution in [0.1, 0.15) is 49.0 Å². The van der Waals surface area contributed by atoms with Crippen molar-refractivity contribution in [2.75, 3.05) is 0 Å². The molecule has 2 unspecified atom stereocenters. The zero-order valence-corrected chi connectivity index (χ0v) is 10.1. The van der Waals surface area contributed by atoms with Crippen molar-refractivity contribution in [2.45, 2.75) is 39.2 Å². The van der Waals surface area contributed by atoms with Crippen LogP contribution in [0, 0.1) is 5.92 Å². The van der Waals surface area contributed by atoms with Crippen LogP contribution in [0.4, 0.5) is 0 Å². The standard InChI is InChI=1S/C14H18O2/c1-4-10-11-7-5-6-8-12(11)14(15)16-13(10)9(2)3/h5-10,13H,4H2,1-3H3. The van der Waals surface area contributed by atoms with E-state index in [2.05, 4.69) is 26.8 Å². The molecular formula is C14H18O2. The smallest absolute Gasteiger partial charge is 0.338 e. The highest BCUT2D eigenvalue weighted by Crippen LogP contribution is 2.36. The highest BCUT2D eigenvalue weighted by molar-refractivity contribution is 5.92. The Morgan fingerprint density at radius 2 is 2.00 bits per heavy atom. The van der Waals surface area contributed by atoms with Gasteiger partial charge in [0.1, 0.15) is 6.10 Å². The number of rotatable bonds is 2. The van der Waals surface area contributed by atoms with E-state index < -0.39 is 0 Å². The molecule has 0 saturated carbocycles. The van der Waals surface area contributed by atoms with Gasteiger partial charge in [-0.05, 0) is 24.0 Å². The molecule has 0 fully saturated rings. The van der Waals surface area contributed by atoms with Gasteiger partial charge in [0.25, 0.3) is 0 Å². The van der Waals surface area contributed by atoms with Gasteiger partial charge in [0, 0.05) is 5.92 Å². The van der Waals surface area contributed by atoms with Crippen molar-refractivity contribution in [3.8, 4) is 0 Å². The number of hydrogen-bond donors (Lipinski definition) is 0. The number of carbonyl (C=O) groups excluding carboxylic acids is 1. The van der Waals surface area contributed by atoms with Crippen LogP contribution >= 0.6 is 0 Å². The second kappa shape index (κ2) is 4.28. The lowest BCUT2D eigenvalue weighted by Gasteiger charge is -2.34. The second-order valence-corrected chi connectivity index (χ2v) is 4.72. The van der Waals surface area contributed by atoms with Crippen LogP contribution in [-0.2, 0) is 4.74 Å². The Hall–Kier alpha value is -1.31. The summed E-state index contributed by atoms with van der Waals surface area (Å²) < 4.78 is 5.54. The van der Waals surface area contributed by atoms with Crippen LogP contribution < -0.4 is 0 Å². The molecule has 86 valence electrons. The number of esters is 1. The summed E-state index contributed by atoms with van der Waals surface area (Å²) >= 11 is 0. The Labute approximate surface area is 96.6 Å². The van der Waals surface area contributed by atoms with Crippen molar-refractivity contribution in [3.63, 3.8) is 0 Å². The van der Waals surface area contributed by atoms with Crippen molar-refractivity contribution in [1.29, 1.82) is 0 Å². The van der Waals surface area contributed by atoms with Crippen LogP contribution in [0.15, 0.2) is 24.3 Å². The number of cyclic esters (lactones) is 1. The lowest BCUT2D eigenvalue weighted by Crippen LogP contribution is -2.35. The van der Waals surface area contributed by atoms with Gasteiger partial charge in [-0.15, -0.1) is 0 Å². The molecule has 1 heterocycles. The molecule has 0 amide bonds. The maximum Gasteiger partial charge on any atom is 0.338 e. The zero-order valence-electron chi connectivity index (χ0n) is 10.1. The van der Waals surface area contributed by atoms with E-state index in [0.29, 0.717) is 11.8 Å². The first-order chi connectivity index (χ1) is 7.65.